The minimum absolute atomic E-state index is 0.116. The van der Waals surface area contributed by atoms with E-state index in [2.05, 4.69) is 10.1 Å². The second kappa shape index (κ2) is 8.95. The zero-order valence-corrected chi connectivity index (χ0v) is 17.0. The molecule has 160 valence electrons. The number of methoxy groups -OCH3 is 2. The van der Waals surface area contributed by atoms with Crippen molar-refractivity contribution in [3.63, 3.8) is 0 Å². The average molecular weight is 416 g/mol. The SMILES string of the molecule is COCCCn1c(O)c(C2=NN(C(C)=O)[C@H](c3ccc(OC)cc3)C2)c(=O)[nH]c1=O. The summed E-state index contributed by atoms with van der Waals surface area (Å²) in [4.78, 5) is 39.0. The number of nitrogens with one attached hydrogen (secondary N) is 1. The topological polar surface area (TPSA) is 126 Å². The number of aromatic nitrogens is 2. The molecule has 10 heteroatoms. The van der Waals surface area contributed by atoms with E-state index in [9.17, 15) is 19.5 Å². The molecule has 0 radical (unpaired) electrons. The van der Waals surface area contributed by atoms with E-state index in [0.717, 1.165) is 10.1 Å². The van der Waals surface area contributed by atoms with Crippen LogP contribution in [0.15, 0.2) is 39.0 Å². The van der Waals surface area contributed by atoms with Crippen LogP contribution in [0.3, 0.4) is 0 Å². The second-order valence-corrected chi connectivity index (χ2v) is 6.86. The van der Waals surface area contributed by atoms with Crippen LogP contribution < -0.4 is 16.0 Å². The molecule has 1 aliphatic heterocycles. The van der Waals surface area contributed by atoms with Gasteiger partial charge in [-0.15, -0.1) is 0 Å². The molecule has 0 unspecified atom stereocenters. The summed E-state index contributed by atoms with van der Waals surface area (Å²) in [6, 6.07) is 6.72. The smallest absolute Gasteiger partial charge is 0.331 e. The van der Waals surface area contributed by atoms with Crippen LogP contribution in [0.1, 0.15) is 36.9 Å². The third kappa shape index (κ3) is 4.13. The zero-order valence-electron chi connectivity index (χ0n) is 17.0. The van der Waals surface area contributed by atoms with Crippen LogP contribution in [0.5, 0.6) is 11.6 Å². The van der Waals surface area contributed by atoms with Gasteiger partial charge in [-0.1, -0.05) is 12.1 Å². The number of H-pyrrole nitrogens is 1. The van der Waals surface area contributed by atoms with Gasteiger partial charge in [-0.05, 0) is 24.1 Å². The maximum absolute atomic E-state index is 12.5. The molecule has 2 N–H and O–H groups in total. The summed E-state index contributed by atoms with van der Waals surface area (Å²) in [5, 5.41) is 16.2. The summed E-state index contributed by atoms with van der Waals surface area (Å²) in [7, 11) is 3.09. The van der Waals surface area contributed by atoms with E-state index in [1.54, 1.807) is 19.2 Å². The summed E-state index contributed by atoms with van der Waals surface area (Å²) < 4.78 is 11.2. The molecule has 0 fully saturated rings. The molecule has 1 aliphatic rings. The average Bonchev–Trinajstić information content (AvgIpc) is 3.15. The Kier molecular flexibility index (Phi) is 6.36. The molecule has 2 heterocycles. The number of carbonyl (C=O) groups excluding carboxylic acids is 1. The number of hydrogen-bond donors (Lipinski definition) is 2. The lowest BCUT2D eigenvalue weighted by molar-refractivity contribution is -0.130. The molecule has 3 rings (SSSR count). The molecule has 30 heavy (non-hydrogen) atoms. The highest BCUT2D eigenvalue weighted by Gasteiger charge is 2.34. The number of benzene rings is 1. The monoisotopic (exact) mass is 416 g/mol. The number of hydrogen-bond acceptors (Lipinski definition) is 7. The molecular formula is C20H24N4O6. The highest BCUT2D eigenvalue weighted by atomic mass is 16.5. The lowest BCUT2D eigenvalue weighted by Crippen LogP contribution is -2.34. The molecule has 0 aliphatic carbocycles. The highest BCUT2D eigenvalue weighted by molar-refractivity contribution is 6.04. The normalized spacial score (nSPS) is 15.9. The standard InChI is InChI=1S/C20H24N4O6/c1-12(25)24-16(13-5-7-14(30-3)8-6-13)11-15(22-24)17-18(26)21-20(28)23(19(17)27)9-4-10-29-2/h5-8,16,27H,4,9-11H2,1-3H3,(H,21,26,28)/t16-/m0/s1. The molecule has 2 aromatic rings. The minimum Gasteiger partial charge on any atom is -0.497 e. The van der Waals surface area contributed by atoms with Gasteiger partial charge in [0.2, 0.25) is 11.8 Å². The van der Waals surface area contributed by atoms with Gasteiger partial charge >= 0.3 is 5.69 Å². The molecule has 1 aromatic heterocycles. The van der Waals surface area contributed by atoms with Crippen LogP contribution in [-0.4, -0.2) is 52.1 Å². The molecule has 10 nitrogen and oxygen atoms in total. The number of hydrazone groups is 1. The molecule has 0 bridgehead atoms. The molecule has 1 atom stereocenters. The van der Waals surface area contributed by atoms with Crippen LogP contribution >= 0.6 is 0 Å². The first-order chi connectivity index (χ1) is 14.4. The molecule has 0 saturated heterocycles. The largest absolute Gasteiger partial charge is 0.497 e. The Hall–Kier alpha value is -3.40. The second-order valence-electron chi connectivity index (χ2n) is 6.86. The first-order valence-corrected chi connectivity index (χ1v) is 9.44. The van der Waals surface area contributed by atoms with E-state index in [1.165, 1.54) is 19.0 Å². The number of carbonyl (C=O) groups is 1. The first-order valence-electron chi connectivity index (χ1n) is 9.44. The van der Waals surface area contributed by atoms with Crippen molar-refractivity contribution in [3.8, 4) is 11.6 Å². The maximum Gasteiger partial charge on any atom is 0.331 e. The summed E-state index contributed by atoms with van der Waals surface area (Å²) in [6.07, 6.45) is 0.675. The fourth-order valence-corrected chi connectivity index (χ4v) is 3.43. The van der Waals surface area contributed by atoms with Crippen LogP contribution in [0, 0.1) is 0 Å². The van der Waals surface area contributed by atoms with Crippen molar-refractivity contribution in [3.05, 3.63) is 56.2 Å². The summed E-state index contributed by atoms with van der Waals surface area (Å²) in [5.74, 6) is -0.114. The number of rotatable bonds is 7. The van der Waals surface area contributed by atoms with Crippen molar-refractivity contribution in [2.75, 3.05) is 20.8 Å². The van der Waals surface area contributed by atoms with Crippen molar-refractivity contribution in [1.82, 2.24) is 14.6 Å². The van der Waals surface area contributed by atoms with E-state index in [4.69, 9.17) is 9.47 Å². The number of aromatic hydroxyl groups is 1. The third-order valence-corrected chi connectivity index (χ3v) is 4.92. The van der Waals surface area contributed by atoms with E-state index < -0.39 is 23.2 Å². The summed E-state index contributed by atoms with van der Waals surface area (Å²) in [6.45, 7) is 1.92. The predicted octanol–water partition coefficient (Wildman–Crippen LogP) is 0.985. The predicted molar refractivity (Wildman–Crippen MR) is 109 cm³/mol. The van der Waals surface area contributed by atoms with Gasteiger partial charge in [0.05, 0.1) is 18.9 Å². The maximum atomic E-state index is 12.5. The summed E-state index contributed by atoms with van der Waals surface area (Å²) >= 11 is 0. The number of amides is 1. The van der Waals surface area contributed by atoms with Crippen LogP contribution in [0.4, 0.5) is 0 Å². The van der Waals surface area contributed by atoms with Gasteiger partial charge in [-0.2, -0.15) is 5.10 Å². The first kappa shape index (κ1) is 21.3. The Balaban J connectivity index is 2.00. The molecule has 1 aromatic carbocycles. The van der Waals surface area contributed by atoms with Crippen molar-refractivity contribution in [2.45, 2.75) is 32.4 Å². The zero-order chi connectivity index (χ0) is 21.8. The van der Waals surface area contributed by atoms with Gasteiger partial charge < -0.3 is 14.6 Å². The number of nitrogens with zero attached hydrogens (tertiary/aromatic N) is 3. The summed E-state index contributed by atoms with van der Waals surface area (Å²) in [5.41, 5.74) is -0.558. The van der Waals surface area contributed by atoms with Crippen molar-refractivity contribution >= 4 is 11.6 Å². The van der Waals surface area contributed by atoms with Crippen LogP contribution in [0.2, 0.25) is 0 Å². The van der Waals surface area contributed by atoms with Crippen molar-refractivity contribution in [2.24, 2.45) is 5.10 Å². The van der Waals surface area contributed by atoms with Gasteiger partial charge in [0.25, 0.3) is 5.56 Å². The molecule has 0 saturated carbocycles. The van der Waals surface area contributed by atoms with Crippen LogP contribution in [0.25, 0.3) is 0 Å². The quantitative estimate of drug-likeness (QED) is 0.648. The fourth-order valence-electron chi connectivity index (χ4n) is 3.43. The lowest BCUT2D eigenvalue weighted by atomic mass is 9.99. The number of ether oxygens (including phenoxy) is 2. The molecule has 0 spiro atoms. The van der Waals surface area contributed by atoms with Gasteiger partial charge in [0.1, 0.15) is 11.3 Å². The van der Waals surface area contributed by atoms with Crippen molar-refractivity contribution < 1.29 is 19.4 Å². The van der Waals surface area contributed by atoms with E-state index >= 15 is 0 Å². The Morgan fingerprint density at radius 3 is 2.57 bits per heavy atom. The Bertz CT molecular complexity index is 1070. The lowest BCUT2D eigenvalue weighted by Gasteiger charge is -2.20. The van der Waals surface area contributed by atoms with E-state index in [1.807, 2.05) is 12.1 Å². The van der Waals surface area contributed by atoms with Crippen molar-refractivity contribution in [1.29, 1.82) is 0 Å². The van der Waals surface area contributed by atoms with Gasteiger partial charge in [0, 0.05) is 33.6 Å². The highest BCUT2D eigenvalue weighted by Crippen LogP contribution is 2.34. The van der Waals surface area contributed by atoms with Gasteiger partial charge in [-0.3, -0.25) is 19.1 Å². The van der Waals surface area contributed by atoms with Gasteiger partial charge in [0.15, 0.2) is 0 Å². The van der Waals surface area contributed by atoms with E-state index in [0.29, 0.717) is 18.8 Å². The van der Waals surface area contributed by atoms with Gasteiger partial charge in [-0.25, -0.2) is 9.80 Å². The third-order valence-electron chi connectivity index (χ3n) is 4.92. The molecule has 1 amide bonds. The number of aromatic amines is 1. The molecular weight excluding hydrogens is 392 g/mol. The van der Waals surface area contributed by atoms with E-state index in [-0.39, 0.29) is 30.1 Å². The Morgan fingerprint density at radius 1 is 1.27 bits per heavy atom. The van der Waals surface area contributed by atoms with Crippen LogP contribution in [-0.2, 0) is 16.1 Å². The minimum atomic E-state index is -0.752. The Morgan fingerprint density at radius 2 is 1.97 bits per heavy atom. The fraction of sp³-hybridized carbons (Fsp3) is 0.400. The Labute approximate surface area is 172 Å².